The summed E-state index contributed by atoms with van der Waals surface area (Å²) >= 11 is 3.45. The second-order valence-electron chi connectivity index (χ2n) is 3.40. The predicted molar refractivity (Wildman–Crippen MR) is 58.6 cm³/mol. The van der Waals surface area contributed by atoms with E-state index < -0.39 is 5.79 Å². The van der Waals surface area contributed by atoms with Crippen molar-refractivity contribution < 1.29 is 9.47 Å². The molecule has 0 radical (unpaired) electrons. The third-order valence-corrected chi connectivity index (χ3v) is 3.22. The van der Waals surface area contributed by atoms with E-state index in [1.165, 1.54) is 5.56 Å². The molecule has 0 aromatic heterocycles. The Morgan fingerprint density at radius 2 is 1.93 bits per heavy atom. The first-order chi connectivity index (χ1) is 6.78. The molecule has 3 heteroatoms. The Kier molecular flexibility index (Phi) is 2.91. The van der Waals surface area contributed by atoms with E-state index in [2.05, 4.69) is 35.0 Å². The Morgan fingerprint density at radius 1 is 1.29 bits per heavy atom. The molecule has 0 amide bonds. The Hall–Kier alpha value is -0.380. The van der Waals surface area contributed by atoms with Gasteiger partial charge in [-0.05, 0) is 12.5 Å². The van der Waals surface area contributed by atoms with E-state index in [4.69, 9.17) is 9.47 Å². The molecule has 0 N–H and O–H groups in total. The van der Waals surface area contributed by atoms with Crippen LogP contribution in [0.25, 0.3) is 0 Å². The Bertz CT molecular complexity index is 319. The predicted octanol–water partition coefficient (Wildman–Crippen LogP) is 2.59. The van der Waals surface area contributed by atoms with Gasteiger partial charge in [-0.2, -0.15) is 0 Å². The van der Waals surface area contributed by atoms with Crippen molar-refractivity contribution in [1.29, 1.82) is 0 Å². The van der Waals surface area contributed by atoms with Crippen molar-refractivity contribution >= 4 is 15.9 Å². The van der Waals surface area contributed by atoms with Gasteiger partial charge in [-0.15, -0.1) is 0 Å². The average Bonchev–Trinajstić information content (AvgIpc) is 2.68. The van der Waals surface area contributed by atoms with E-state index in [0.29, 0.717) is 18.5 Å². The molecular formula is C11H13BrO2. The summed E-state index contributed by atoms with van der Waals surface area (Å²) in [6, 6.07) is 8.17. The summed E-state index contributed by atoms with van der Waals surface area (Å²) in [6.07, 6.45) is 0. The average molecular weight is 257 g/mol. The summed E-state index contributed by atoms with van der Waals surface area (Å²) in [4.78, 5) is 0. The second-order valence-corrected chi connectivity index (χ2v) is 3.96. The highest BCUT2D eigenvalue weighted by molar-refractivity contribution is 9.09. The van der Waals surface area contributed by atoms with Gasteiger partial charge in [0.25, 0.3) is 0 Å². The van der Waals surface area contributed by atoms with Crippen LogP contribution in [0.2, 0.25) is 0 Å². The van der Waals surface area contributed by atoms with Crippen LogP contribution in [0, 0.1) is 6.92 Å². The Morgan fingerprint density at radius 3 is 2.50 bits per heavy atom. The summed E-state index contributed by atoms with van der Waals surface area (Å²) in [6.45, 7) is 3.41. The molecule has 1 aliphatic rings. The summed E-state index contributed by atoms with van der Waals surface area (Å²) in [5.41, 5.74) is 2.32. The number of benzene rings is 1. The molecule has 14 heavy (non-hydrogen) atoms. The van der Waals surface area contributed by atoms with Gasteiger partial charge in [0.2, 0.25) is 5.79 Å². The lowest BCUT2D eigenvalue weighted by atomic mass is 10.0. The minimum Gasteiger partial charge on any atom is -0.343 e. The van der Waals surface area contributed by atoms with Gasteiger partial charge in [-0.25, -0.2) is 0 Å². The van der Waals surface area contributed by atoms with E-state index in [-0.39, 0.29) is 0 Å². The van der Waals surface area contributed by atoms with Crippen LogP contribution in [-0.4, -0.2) is 18.5 Å². The molecule has 1 aromatic rings. The van der Waals surface area contributed by atoms with Crippen LogP contribution in [0.15, 0.2) is 24.3 Å². The summed E-state index contributed by atoms with van der Waals surface area (Å²) in [7, 11) is 0. The quantitative estimate of drug-likeness (QED) is 0.758. The van der Waals surface area contributed by atoms with Crippen LogP contribution in [0.3, 0.4) is 0 Å². The van der Waals surface area contributed by atoms with Crippen LogP contribution >= 0.6 is 15.9 Å². The van der Waals surface area contributed by atoms with E-state index in [0.717, 1.165) is 5.56 Å². The molecule has 1 fully saturated rings. The van der Waals surface area contributed by atoms with Crippen molar-refractivity contribution in [2.24, 2.45) is 0 Å². The lowest BCUT2D eigenvalue weighted by molar-refractivity contribution is -0.144. The smallest absolute Gasteiger partial charge is 0.205 e. The molecule has 76 valence electrons. The number of halogens is 1. The SMILES string of the molecule is Cc1ccccc1C1(CBr)OCCO1. The molecule has 0 aliphatic carbocycles. The number of rotatable bonds is 2. The first-order valence-electron chi connectivity index (χ1n) is 4.68. The summed E-state index contributed by atoms with van der Waals surface area (Å²) in [5.74, 6) is -0.564. The minimum absolute atomic E-state index is 0.564. The number of ether oxygens (including phenoxy) is 2. The molecular weight excluding hydrogens is 244 g/mol. The molecule has 0 spiro atoms. The molecule has 0 atom stereocenters. The Balaban J connectivity index is 2.41. The molecule has 1 heterocycles. The first-order valence-corrected chi connectivity index (χ1v) is 5.81. The van der Waals surface area contributed by atoms with Crippen molar-refractivity contribution in [2.45, 2.75) is 12.7 Å². The first kappa shape index (κ1) is 10.1. The van der Waals surface area contributed by atoms with Crippen molar-refractivity contribution in [1.82, 2.24) is 0 Å². The summed E-state index contributed by atoms with van der Waals surface area (Å²) in [5, 5.41) is 0.671. The maximum Gasteiger partial charge on any atom is 0.205 e. The molecule has 1 aliphatic heterocycles. The standard InChI is InChI=1S/C11H13BrO2/c1-9-4-2-3-5-10(9)11(8-12)13-6-7-14-11/h2-5H,6-8H2,1H3. The molecule has 2 rings (SSSR count). The number of alkyl halides is 1. The zero-order valence-electron chi connectivity index (χ0n) is 8.13. The van der Waals surface area contributed by atoms with Gasteiger partial charge >= 0.3 is 0 Å². The molecule has 1 aromatic carbocycles. The molecule has 0 saturated carbocycles. The third-order valence-electron chi connectivity index (χ3n) is 2.49. The van der Waals surface area contributed by atoms with E-state index >= 15 is 0 Å². The highest BCUT2D eigenvalue weighted by Crippen LogP contribution is 2.34. The van der Waals surface area contributed by atoms with Gasteiger partial charge in [0, 0.05) is 5.56 Å². The zero-order chi connectivity index (χ0) is 10.0. The van der Waals surface area contributed by atoms with E-state index in [9.17, 15) is 0 Å². The van der Waals surface area contributed by atoms with Crippen LogP contribution in [-0.2, 0) is 15.3 Å². The number of hydrogen-bond acceptors (Lipinski definition) is 2. The van der Waals surface area contributed by atoms with E-state index in [1.807, 2.05) is 12.1 Å². The van der Waals surface area contributed by atoms with Gasteiger partial charge in [0.15, 0.2) is 0 Å². The van der Waals surface area contributed by atoms with Crippen LogP contribution in [0.5, 0.6) is 0 Å². The monoisotopic (exact) mass is 256 g/mol. The highest BCUT2D eigenvalue weighted by atomic mass is 79.9. The largest absolute Gasteiger partial charge is 0.343 e. The lowest BCUT2D eigenvalue weighted by Crippen LogP contribution is -2.29. The van der Waals surface area contributed by atoms with Crippen LogP contribution < -0.4 is 0 Å². The van der Waals surface area contributed by atoms with Gasteiger partial charge in [0.1, 0.15) is 0 Å². The summed E-state index contributed by atoms with van der Waals surface area (Å²) < 4.78 is 11.4. The van der Waals surface area contributed by atoms with Crippen molar-refractivity contribution in [3.05, 3.63) is 35.4 Å². The molecule has 0 unspecified atom stereocenters. The van der Waals surface area contributed by atoms with Crippen LogP contribution in [0.1, 0.15) is 11.1 Å². The van der Waals surface area contributed by atoms with Gasteiger partial charge in [-0.1, -0.05) is 40.2 Å². The van der Waals surface area contributed by atoms with Crippen molar-refractivity contribution in [2.75, 3.05) is 18.5 Å². The molecule has 1 saturated heterocycles. The minimum atomic E-state index is -0.564. The van der Waals surface area contributed by atoms with Crippen LogP contribution in [0.4, 0.5) is 0 Å². The normalized spacial score (nSPS) is 19.9. The Labute approximate surface area is 92.3 Å². The number of aryl methyl sites for hydroxylation is 1. The number of hydrogen-bond donors (Lipinski definition) is 0. The fourth-order valence-electron chi connectivity index (χ4n) is 1.76. The molecule has 0 bridgehead atoms. The van der Waals surface area contributed by atoms with Gasteiger partial charge in [-0.3, -0.25) is 0 Å². The van der Waals surface area contributed by atoms with E-state index in [1.54, 1.807) is 0 Å². The third kappa shape index (κ3) is 1.60. The lowest BCUT2D eigenvalue weighted by Gasteiger charge is -2.26. The fraction of sp³-hybridized carbons (Fsp3) is 0.455. The van der Waals surface area contributed by atoms with Crippen molar-refractivity contribution in [3.8, 4) is 0 Å². The maximum atomic E-state index is 5.69. The molecule has 2 nitrogen and oxygen atoms in total. The zero-order valence-corrected chi connectivity index (χ0v) is 9.71. The fourth-order valence-corrected chi connectivity index (χ4v) is 2.39. The topological polar surface area (TPSA) is 18.5 Å². The maximum absolute atomic E-state index is 5.69. The van der Waals surface area contributed by atoms with Gasteiger partial charge < -0.3 is 9.47 Å². The van der Waals surface area contributed by atoms with Crippen molar-refractivity contribution in [3.63, 3.8) is 0 Å². The van der Waals surface area contributed by atoms with Gasteiger partial charge in [0.05, 0.1) is 18.5 Å². The second kappa shape index (κ2) is 4.01. The highest BCUT2D eigenvalue weighted by Gasteiger charge is 2.38.